The van der Waals surface area contributed by atoms with Crippen molar-refractivity contribution in [3.8, 4) is 11.5 Å². The van der Waals surface area contributed by atoms with E-state index in [1.807, 2.05) is 35.9 Å². The van der Waals surface area contributed by atoms with Gasteiger partial charge in [-0.3, -0.25) is 9.59 Å². The van der Waals surface area contributed by atoms with Crippen molar-refractivity contribution in [2.24, 2.45) is 7.05 Å². The van der Waals surface area contributed by atoms with E-state index < -0.39 is 0 Å². The van der Waals surface area contributed by atoms with Gasteiger partial charge in [-0.1, -0.05) is 18.2 Å². The average Bonchev–Trinajstić information content (AvgIpc) is 3.43. The van der Waals surface area contributed by atoms with Crippen LogP contribution in [0.15, 0.2) is 61.1 Å². The quantitative estimate of drug-likeness (QED) is 0.390. The fraction of sp³-hybridized carbons (Fsp3) is 0.167. The molecule has 2 aromatic carbocycles. The first-order valence-corrected chi connectivity index (χ1v) is 10.8. The number of amides is 2. The molecule has 0 bridgehead atoms. The lowest BCUT2D eigenvalue weighted by Gasteiger charge is -2.10. The van der Waals surface area contributed by atoms with Crippen LogP contribution in [0.2, 0.25) is 0 Å². The highest BCUT2D eigenvalue weighted by Crippen LogP contribution is 2.18. The van der Waals surface area contributed by atoms with E-state index >= 15 is 0 Å². The highest BCUT2D eigenvalue weighted by atomic mass is 16.2. The van der Waals surface area contributed by atoms with Crippen LogP contribution in [0.1, 0.15) is 37.7 Å². The summed E-state index contributed by atoms with van der Waals surface area (Å²) >= 11 is 0. The van der Waals surface area contributed by atoms with E-state index in [-0.39, 0.29) is 11.8 Å². The molecule has 5 rings (SSSR count). The summed E-state index contributed by atoms with van der Waals surface area (Å²) in [6, 6.07) is 14.7. The Bertz CT molecular complexity index is 1370. The summed E-state index contributed by atoms with van der Waals surface area (Å²) < 4.78 is 1.87. The van der Waals surface area contributed by atoms with Gasteiger partial charge in [-0.25, -0.2) is 9.97 Å². The Morgan fingerprint density at radius 2 is 2.03 bits per heavy atom. The monoisotopic (exact) mass is 454 g/mol. The van der Waals surface area contributed by atoms with Gasteiger partial charge in [0.25, 0.3) is 11.8 Å². The van der Waals surface area contributed by atoms with Gasteiger partial charge in [0.05, 0.1) is 6.54 Å². The standard InChI is InChI=1S/C24H22N8O2/c1-32-21(30-31-22(32)20-7-8-25-14-29-20)13-26-18-4-2-3-16(10-18)23(33)27-11-15-5-6-19-17(9-15)12-28-24(19)34/h2-10,14,26H,11-13H2,1H3,(H,27,33)(H,28,34). The third kappa shape index (κ3) is 4.33. The SMILES string of the molecule is Cn1c(CNc2cccc(C(=O)NCc3ccc4c(c3)CNC4=O)c2)nnc1-c1ccncn1. The number of fused-ring (bicyclic) bond motifs is 1. The Labute approximate surface area is 195 Å². The van der Waals surface area contributed by atoms with E-state index in [2.05, 4.69) is 36.1 Å². The second kappa shape index (κ2) is 9.10. The molecule has 34 heavy (non-hydrogen) atoms. The summed E-state index contributed by atoms with van der Waals surface area (Å²) in [4.78, 5) is 32.5. The normalized spacial score (nSPS) is 12.2. The van der Waals surface area contributed by atoms with Crippen molar-refractivity contribution in [1.29, 1.82) is 0 Å². The maximum Gasteiger partial charge on any atom is 0.251 e. The minimum atomic E-state index is -0.178. The third-order valence-electron chi connectivity index (χ3n) is 5.66. The number of aromatic nitrogens is 5. The number of carbonyl (C=O) groups excluding carboxylic acids is 2. The predicted molar refractivity (Wildman–Crippen MR) is 125 cm³/mol. The number of carbonyl (C=O) groups is 2. The van der Waals surface area contributed by atoms with Crippen LogP contribution in [0, 0.1) is 0 Å². The molecule has 10 nitrogen and oxygen atoms in total. The molecule has 0 aliphatic carbocycles. The van der Waals surface area contributed by atoms with Crippen molar-refractivity contribution in [3.05, 3.63) is 89.1 Å². The smallest absolute Gasteiger partial charge is 0.251 e. The van der Waals surface area contributed by atoms with Crippen LogP contribution >= 0.6 is 0 Å². The first-order chi connectivity index (χ1) is 16.6. The summed E-state index contributed by atoms with van der Waals surface area (Å²) in [6.45, 7) is 1.33. The number of nitrogens with zero attached hydrogens (tertiary/aromatic N) is 5. The molecule has 0 radical (unpaired) electrons. The Balaban J connectivity index is 1.21. The molecule has 2 aromatic heterocycles. The lowest BCUT2D eigenvalue weighted by molar-refractivity contribution is 0.0947. The van der Waals surface area contributed by atoms with Crippen LogP contribution in [0.5, 0.6) is 0 Å². The lowest BCUT2D eigenvalue weighted by atomic mass is 10.1. The maximum atomic E-state index is 12.7. The Morgan fingerprint density at radius 3 is 2.88 bits per heavy atom. The van der Waals surface area contributed by atoms with Crippen molar-refractivity contribution < 1.29 is 9.59 Å². The van der Waals surface area contributed by atoms with Crippen molar-refractivity contribution in [2.45, 2.75) is 19.6 Å². The summed E-state index contributed by atoms with van der Waals surface area (Å²) in [7, 11) is 1.88. The number of anilines is 1. The molecule has 2 amide bonds. The van der Waals surface area contributed by atoms with Gasteiger partial charge in [-0.05, 0) is 41.5 Å². The highest BCUT2D eigenvalue weighted by molar-refractivity contribution is 5.98. The predicted octanol–water partition coefficient (Wildman–Crippen LogP) is 2.06. The summed E-state index contributed by atoms with van der Waals surface area (Å²) in [5.41, 5.74) is 4.63. The van der Waals surface area contributed by atoms with E-state index in [1.165, 1.54) is 6.33 Å². The number of nitrogens with one attached hydrogen (secondary N) is 3. The van der Waals surface area contributed by atoms with Crippen LogP contribution in [-0.2, 0) is 26.7 Å². The van der Waals surface area contributed by atoms with E-state index in [0.717, 1.165) is 22.6 Å². The molecule has 0 atom stereocenters. The van der Waals surface area contributed by atoms with Gasteiger partial charge in [0, 0.05) is 43.1 Å². The fourth-order valence-corrected chi connectivity index (χ4v) is 3.79. The van der Waals surface area contributed by atoms with Crippen LogP contribution in [-0.4, -0.2) is 36.5 Å². The molecule has 3 N–H and O–H groups in total. The zero-order valence-electron chi connectivity index (χ0n) is 18.4. The molecule has 0 spiro atoms. The maximum absolute atomic E-state index is 12.7. The largest absolute Gasteiger partial charge is 0.378 e. The van der Waals surface area contributed by atoms with Crippen LogP contribution < -0.4 is 16.0 Å². The first kappa shape index (κ1) is 21.3. The molecular weight excluding hydrogens is 432 g/mol. The second-order valence-electron chi connectivity index (χ2n) is 7.88. The van der Waals surface area contributed by atoms with Gasteiger partial charge in [0.1, 0.15) is 12.0 Å². The van der Waals surface area contributed by atoms with E-state index in [4.69, 9.17) is 0 Å². The number of hydrogen-bond acceptors (Lipinski definition) is 7. The Hall–Kier alpha value is -4.60. The molecule has 0 saturated heterocycles. The zero-order valence-corrected chi connectivity index (χ0v) is 18.4. The molecule has 10 heteroatoms. The van der Waals surface area contributed by atoms with Crippen LogP contribution in [0.25, 0.3) is 11.5 Å². The minimum Gasteiger partial charge on any atom is -0.378 e. The Morgan fingerprint density at radius 1 is 1.12 bits per heavy atom. The van der Waals surface area contributed by atoms with Gasteiger partial charge in [0.2, 0.25) is 0 Å². The van der Waals surface area contributed by atoms with Gasteiger partial charge < -0.3 is 20.5 Å². The molecule has 3 heterocycles. The van der Waals surface area contributed by atoms with Crippen molar-refractivity contribution in [2.75, 3.05) is 5.32 Å². The lowest BCUT2D eigenvalue weighted by Crippen LogP contribution is -2.23. The number of hydrogen-bond donors (Lipinski definition) is 3. The van der Waals surface area contributed by atoms with E-state index in [1.54, 1.807) is 30.5 Å². The van der Waals surface area contributed by atoms with Gasteiger partial charge in [0.15, 0.2) is 11.6 Å². The molecule has 1 aliphatic heterocycles. The Kier molecular flexibility index (Phi) is 5.69. The third-order valence-corrected chi connectivity index (χ3v) is 5.66. The molecule has 1 aliphatic rings. The van der Waals surface area contributed by atoms with Crippen molar-refractivity contribution in [1.82, 2.24) is 35.4 Å². The molecule has 0 saturated carbocycles. The van der Waals surface area contributed by atoms with Gasteiger partial charge in [-0.2, -0.15) is 0 Å². The number of rotatable bonds is 7. The average molecular weight is 454 g/mol. The highest BCUT2D eigenvalue weighted by Gasteiger charge is 2.18. The van der Waals surface area contributed by atoms with Crippen molar-refractivity contribution in [3.63, 3.8) is 0 Å². The van der Waals surface area contributed by atoms with Crippen LogP contribution in [0.3, 0.4) is 0 Å². The van der Waals surface area contributed by atoms with Crippen LogP contribution in [0.4, 0.5) is 5.69 Å². The summed E-state index contributed by atoms with van der Waals surface area (Å²) in [5, 5.41) is 17.5. The summed E-state index contributed by atoms with van der Waals surface area (Å²) in [5.74, 6) is 1.15. The zero-order chi connectivity index (χ0) is 23.5. The van der Waals surface area contributed by atoms with E-state index in [0.29, 0.717) is 42.3 Å². The van der Waals surface area contributed by atoms with Crippen molar-refractivity contribution >= 4 is 17.5 Å². The van der Waals surface area contributed by atoms with E-state index in [9.17, 15) is 9.59 Å². The van der Waals surface area contributed by atoms with Gasteiger partial charge in [-0.15, -0.1) is 10.2 Å². The van der Waals surface area contributed by atoms with Gasteiger partial charge >= 0.3 is 0 Å². The topological polar surface area (TPSA) is 127 Å². The first-order valence-electron chi connectivity index (χ1n) is 10.8. The summed E-state index contributed by atoms with van der Waals surface area (Å²) in [6.07, 6.45) is 3.13. The molecule has 0 fully saturated rings. The number of benzene rings is 2. The molecule has 170 valence electrons. The molecule has 4 aromatic rings. The fourth-order valence-electron chi connectivity index (χ4n) is 3.79. The minimum absolute atomic E-state index is 0.0542. The molecular formula is C24H22N8O2. The second-order valence-corrected chi connectivity index (χ2v) is 7.88. The molecule has 0 unspecified atom stereocenters.